The largest absolute Gasteiger partial charge is 0.337 e. The number of nitrogens with one attached hydrogen (secondary N) is 3. The Morgan fingerprint density at radius 1 is 1.33 bits per heavy atom. The number of aromatic amines is 1. The van der Waals surface area contributed by atoms with Crippen LogP contribution in [-0.2, 0) is 6.42 Å². The van der Waals surface area contributed by atoms with E-state index in [4.69, 9.17) is 0 Å². The molecule has 1 aromatic carbocycles. The van der Waals surface area contributed by atoms with Gasteiger partial charge in [-0.15, -0.1) is 16.4 Å². The molecule has 0 spiro atoms. The van der Waals surface area contributed by atoms with Crippen molar-refractivity contribution in [2.24, 2.45) is 0 Å². The molecule has 2 aromatic heterocycles. The molecule has 0 unspecified atom stereocenters. The molecule has 124 valence electrons. The van der Waals surface area contributed by atoms with Crippen LogP contribution in [0.25, 0.3) is 11.4 Å². The number of hydrogen-bond donors (Lipinski definition) is 3. The van der Waals surface area contributed by atoms with Crippen molar-refractivity contribution in [1.29, 1.82) is 0 Å². The number of aromatic nitrogens is 4. The van der Waals surface area contributed by atoms with Crippen LogP contribution in [0, 0.1) is 13.8 Å². The molecule has 0 aliphatic heterocycles. The maximum atomic E-state index is 11.9. The molecular formula is C16H18N6OS. The first kappa shape index (κ1) is 16.1. The highest BCUT2D eigenvalue weighted by Gasteiger charge is 2.09. The van der Waals surface area contributed by atoms with Crippen molar-refractivity contribution >= 4 is 23.3 Å². The normalized spacial score (nSPS) is 10.6. The van der Waals surface area contributed by atoms with Crippen LogP contribution in [0.2, 0.25) is 0 Å². The summed E-state index contributed by atoms with van der Waals surface area (Å²) in [6, 6.07) is 7.58. The molecule has 8 heteroatoms. The van der Waals surface area contributed by atoms with Crippen LogP contribution in [0.5, 0.6) is 0 Å². The van der Waals surface area contributed by atoms with Gasteiger partial charge in [-0.05, 0) is 19.9 Å². The topological polar surface area (TPSA) is 95.6 Å². The van der Waals surface area contributed by atoms with E-state index in [-0.39, 0.29) is 12.0 Å². The number of aryl methyl sites for hydroxylation is 2. The number of carbonyl (C=O) groups is 1. The quantitative estimate of drug-likeness (QED) is 0.664. The lowest BCUT2D eigenvalue weighted by molar-refractivity contribution is 0.252. The predicted octanol–water partition coefficient (Wildman–Crippen LogP) is 2.91. The van der Waals surface area contributed by atoms with Crippen LogP contribution >= 0.6 is 11.3 Å². The summed E-state index contributed by atoms with van der Waals surface area (Å²) in [6.45, 7) is 4.51. The molecule has 3 rings (SSSR count). The molecule has 0 fully saturated rings. The zero-order chi connectivity index (χ0) is 16.9. The Balaban J connectivity index is 1.53. The summed E-state index contributed by atoms with van der Waals surface area (Å²) < 4.78 is 0. The number of nitrogens with zero attached hydrogens (tertiary/aromatic N) is 3. The van der Waals surface area contributed by atoms with E-state index in [2.05, 4.69) is 30.8 Å². The lowest BCUT2D eigenvalue weighted by Gasteiger charge is -2.04. The van der Waals surface area contributed by atoms with E-state index in [9.17, 15) is 4.79 Å². The Morgan fingerprint density at radius 3 is 2.96 bits per heavy atom. The highest BCUT2D eigenvalue weighted by atomic mass is 32.1. The summed E-state index contributed by atoms with van der Waals surface area (Å²) in [4.78, 5) is 21.5. The zero-order valence-corrected chi connectivity index (χ0v) is 14.3. The van der Waals surface area contributed by atoms with E-state index in [1.165, 1.54) is 4.88 Å². The molecule has 2 heterocycles. The average molecular weight is 342 g/mol. The molecule has 0 saturated carbocycles. The smallest absolute Gasteiger partial charge is 0.321 e. The number of amides is 2. The van der Waals surface area contributed by atoms with Gasteiger partial charge >= 0.3 is 6.03 Å². The van der Waals surface area contributed by atoms with Crippen molar-refractivity contribution in [3.8, 4) is 11.4 Å². The molecule has 0 aliphatic rings. The number of rotatable bonds is 5. The SMILES string of the molecule is Cc1cccc(-c2nc(NC(=O)NCCc3scnc3C)n[nH]2)c1. The third-order valence-corrected chi connectivity index (χ3v) is 4.48. The average Bonchev–Trinajstić information content (AvgIpc) is 3.17. The number of carbonyl (C=O) groups excluding carboxylic acids is 1. The molecule has 0 radical (unpaired) electrons. The first-order valence-corrected chi connectivity index (χ1v) is 8.43. The van der Waals surface area contributed by atoms with Crippen LogP contribution in [0.1, 0.15) is 16.1 Å². The van der Waals surface area contributed by atoms with E-state index in [1.807, 2.05) is 43.6 Å². The van der Waals surface area contributed by atoms with Crippen LogP contribution in [0.4, 0.5) is 10.7 Å². The molecule has 0 bridgehead atoms. The molecule has 3 aromatic rings. The Labute approximate surface area is 143 Å². The monoisotopic (exact) mass is 342 g/mol. The third-order valence-electron chi connectivity index (χ3n) is 3.48. The first-order chi connectivity index (χ1) is 11.6. The van der Waals surface area contributed by atoms with Gasteiger partial charge in [-0.3, -0.25) is 10.4 Å². The fourth-order valence-corrected chi connectivity index (χ4v) is 3.02. The van der Waals surface area contributed by atoms with E-state index < -0.39 is 0 Å². The highest BCUT2D eigenvalue weighted by molar-refractivity contribution is 7.09. The minimum absolute atomic E-state index is 0.248. The predicted molar refractivity (Wildman–Crippen MR) is 94.1 cm³/mol. The van der Waals surface area contributed by atoms with Gasteiger partial charge in [-0.2, -0.15) is 4.98 Å². The van der Waals surface area contributed by atoms with Crippen molar-refractivity contribution in [1.82, 2.24) is 25.5 Å². The Hall–Kier alpha value is -2.74. The highest BCUT2D eigenvalue weighted by Crippen LogP contribution is 2.17. The van der Waals surface area contributed by atoms with E-state index in [0.717, 1.165) is 23.2 Å². The second-order valence-corrected chi connectivity index (χ2v) is 6.31. The Morgan fingerprint density at radius 2 is 2.21 bits per heavy atom. The van der Waals surface area contributed by atoms with Crippen LogP contribution in [-0.4, -0.2) is 32.7 Å². The summed E-state index contributed by atoms with van der Waals surface area (Å²) in [7, 11) is 0. The number of urea groups is 1. The molecule has 0 aliphatic carbocycles. The summed E-state index contributed by atoms with van der Waals surface area (Å²) in [5, 5.41) is 12.3. The van der Waals surface area contributed by atoms with Crippen molar-refractivity contribution < 1.29 is 4.79 Å². The molecule has 3 N–H and O–H groups in total. The molecular weight excluding hydrogens is 324 g/mol. The number of anilines is 1. The second kappa shape index (κ2) is 7.22. The van der Waals surface area contributed by atoms with Crippen molar-refractivity contribution in [3.05, 3.63) is 45.9 Å². The van der Waals surface area contributed by atoms with E-state index >= 15 is 0 Å². The van der Waals surface area contributed by atoms with Gasteiger partial charge in [0, 0.05) is 23.4 Å². The third kappa shape index (κ3) is 3.96. The van der Waals surface area contributed by atoms with Gasteiger partial charge in [0.2, 0.25) is 5.95 Å². The van der Waals surface area contributed by atoms with Crippen molar-refractivity contribution in [2.75, 3.05) is 11.9 Å². The molecule has 7 nitrogen and oxygen atoms in total. The van der Waals surface area contributed by atoms with Gasteiger partial charge in [-0.25, -0.2) is 9.78 Å². The summed E-state index contributed by atoms with van der Waals surface area (Å²) in [6.07, 6.45) is 0.756. The van der Waals surface area contributed by atoms with Gasteiger partial charge in [-0.1, -0.05) is 23.8 Å². The van der Waals surface area contributed by atoms with Gasteiger partial charge in [0.05, 0.1) is 11.2 Å². The Bertz CT molecular complexity index is 840. The van der Waals surface area contributed by atoms with Crippen molar-refractivity contribution in [2.45, 2.75) is 20.3 Å². The summed E-state index contributed by atoms with van der Waals surface area (Å²) >= 11 is 1.59. The lowest BCUT2D eigenvalue weighted by Crippen LogP contribution is -2.30. The summed E-state index contributed by atoms with van der Waals surface area (Å²) in [5.41, 5.74) is 4.88. The number of benzene rings is 1. The van der Waals surface area contributed by atoms with E-state index in [0.29, 0.717) is 12.4 Å². The fourth-order valence-electron chi connectivity index (χ4n) is 2.24. The summed E-state index contributed by atoms with van der Waals surface area (Å²) in [5.74, 6) is 0.868. The van der Waals surface area contributed by atoms with Gasteiger partial charge < -0.3 is 5.32 Å². The minimum Gasteiger partial charge on any atom is -0.337 e. The molecule has 2 amide bonds. The standard InChI is InChI=1S/C16H18N6OS/c1-10-4-3-5-12(8-10)14-19-15(22-21-14)20-16(23)17-7-6-13-11(2)18-9-24-13/h3-5,8-9H,6-7H2,1-2H3,(H3,17,19,20,21,22,23). The van der Waals surface area contributed by atoms with Crippen LogP contribution in [0.15, 0.2) is 29.8 Å². The maximum Gasteiger partial charge on any atom is 0.321 e. The zero-order valence-electron chi connectivity index (χ0n) is 13.5. The van der Waals surface area contributed by atoms with Gasteiger partial charge in [0.15, 0.2) is 5.82 Å². The first-order valence-electron chi connectivity index (χ1n) is 7.55. The number of hydrogen-bond acceptors (Lipinski definition) is 5. The number of H-pyrrole nitrogens is 1. The maximum absolute atomic E-state index is 11.9. The molecule has 24 heavy (non-hydrogen) atoms. The molecule has 0 atom stereocenters. The van der Waals surface area contributed by atoms with Gasteiger partial charge in [0.25, 0.3) is 0 Å². The number of thiazole rings is 1. The lowest BCUT2D eigenvalue weighted by atomic mass is 10.1. The van der Waals surface area contributed by atoms with Crippen LogP contribution < -0.4 is 10.6 Å². The minimum atomic E-state index is -0.327. The van der Waals surface area contributed by atoms with Gasteiger partial charge in [0.1, 0.15) is 0 Å². The van der Waals surface area contributed by atoms with E-state index in [1.54, 1.807) is 11.3 Å². The fraction of sp³-hybridized carbons (Fsp3) is 0.250. The second-order valence-electron chi connectivity index (χ2n) is 5.37. The van der Waals surface area contributed by atoms with Crippen LogP contribution in [0.3, 0.4) is 0 Å². The molecule has 0 saturated heterocycles. The Kier molecular flexibility index (Phi) is 4.85. The van der Waals surface area contributed by atoms with Crippen molar-refractivity contribution in [3.63, 3.8) is 0 Å².